The van der Waals surface area contributed by atoms with Gasteiger partial charge in [-0.1, -0.05) is 0 Å². The first-order valence-electron chi connectivity index (χ1n) is 12.2. The highest BCUT2D eigenvalue weighted by molar-refractivity contribution is 5.77. The van der Waals surface area contributed by atoms with Gasteiger partial charge < -0.3 is 34.5 Å². The first-order chi connectivity index (χ1) is 17.7. The van der Waals surface area contributed by atoms with Gasteiger partial charge in [-0.2, -0.15) is 0 Å². The molecular formula is C26H29N7O3. The van der Waals surface area contributed by atoms with Gasteiger partial charge in [0.1, 0.15) is 12.4 Å². The molecule has 6 rings (SSSR count). The summed E-state index contributed by atoms with van der Waals surface area (Å²) in [4.78, 5) is 16.1. The third-order valence-electron chi connectivity index (χ3n) is 6.74. The Balaban J connectivity index is 1.32. The van der Waals surface area contributed by atoms with Gasteiger partial charge in [-0.25, -0.2) is 15.0 Å². The van der Waals surface area contributed by atoms with E-state index >= 15 is 0 Å². The van der Waals surface area contributed by atoms with E-state index in [-0.39, 0.29) is 6.61 Å². The number of hydrogen-bond donors (Lipinski definition) is 3. The first-order valence-corrected chi connectivity index (χ1v) is 12.2. The van der Waals surface area contributed by atoms with E-state index in [1.807, 2.05) is 35.0 Å². The summed E-state index contributed by atoms with van der Waals surface area (Å²) in [6.45, 7) is 3.34. The third-order valence-corrected chi connectivity index (χ3v) is 6.74. The molecule has 4 aromatic rings. The van der Waals surface area contributed by atoms with Crippen LogP contribution in [0.4, 0.5) is 22.9 Å². The van der Waals surface area contributed by atoms with Crippen LogP contribution in [0.2, 0.25) is 0 Å². The van der Waals surface area contributed by atoms with Crippen molar-refractivity contribution in [2.45, 2.75) is 12.8 Å². The molecule has 0 spiro atoms. The Hall–Kier alpha value is -4.05. The number of anilines is 4. The normalized spacial score (nSPS) is 17.3. The molecule has 0 bridgehead atoms. The fraction of sp³-hybridized carbons (Fsp3) is 0.346. The summed E-state index contributed by atoms with van der Waals surface area (Å²) in [5.41, 5.74) is 5.10. The van der Waals surface area contributed by atoms with Crippen molar-refractivity contribution in [2.75, 3.05) is 55.5 Å². The number of ether oxygens (including phenoxy) is 2. The van der Waals surface area contributed by atoms with Crippen molar-refractivity contribution in [1.82, 2.24) is 19.4 Å². The maximum Gasteiger partial charge on any atom is 0.237 e. The maximum atomic E-state index is 9.63. The summed E-state index contributed by atoms with van der Waals surface area (Å²) in [6, 6.07) is 8.07. The Morgan fingerprint density at radius 2 is 2.22 bits per heavy atom. The van der Waals surface area contributed by atoms with Crippen molar-refractivity contribution in [2.24, 2.45) is 5.92 Å². The van der Waals surface area contributed by atoms with Crippen molar-refractivity contribution < 1.29 is 14.6 Å². The molecule has 1 unspecified atom stereocenters. The molecule has 3 N–H and O–H groups in total. The quantitative estimate of drug-likeness (QED) is 0.376. The van der Waals surface area contributed by atoms with Crippen molar-refractivity contribution in [3.05, 3.63) is 49.1 Å². The lowest BCUT2D eigenvalue weighted by molar-refractivity contribution is 0.208. The molecule has 10 heteroatoms. The number of aromatic nitrogens is 4. The van der Waals surface area contributed by atoms with Crippen LogP contribution < -0.4 is 25.0 Å². The third kappa shape index (κ3) is 4.24. The average molecular weight is 488 g/mol. The molecule has 1 fully saturated rings. The molecule has 0 aliphatic carbocycles. The number of benzene rings is 1. The maximum absolute atomic E-state index is 9.63. The number of aliphatic hydroxyl groups excluding tert-OH is 1. The minimum absolute atomic E-state index is 0.212. The largest absolute Gasteiger partial charge is 0.495 e. The molecule has 5 heterocycles. The molecule has 1 saturated heterocycles. The Labute approximate surface area is 208 Å². The summed E-state index contributed by atoms with van der Waals surface area (Å²) in [5.74, 6) is 2.31. The summed E-state index contributed by atoms with van der Waals surface area (Å²) in [5, 5.41) is 16.4. The van der Waals surface area contributed by atoms with Gasteiger partial charge in [0.15, 0.2) is 11.5 Å². The van der Waals surface area contributed by atoms with Crippen molar-refractivity contribution >= 4 is 28.5 Å². The van der Waals surface area contributed by atoms with E-state index in [2.05, 4.69) is 31.6 Å². The smallest absolute Gasteiger partial charge is 0.237 e. The van der Waals surface area contributed by atoms with Crippen LogP contribution in [0, 0.1) is 5.92 Å². The summed E-state index contributed by atoms with van der Waals surface area (Å²) in [7, 11) is 1.68. The highest BCUT2D eigenvalue weighted by Gasteiger charge is 2.22. The zero-order valence-electron chi connectivity index (χ0n) is 20.1. The molecule has 36 heavy (non-hydrogen) atoms. The highest BCUT2D eigenvalue weighted by Crippen LogP contribution is 2.36. The number of nitrogens with zero attached hydrogens (tertiary/aromatic N) is 5. The number of pyridine rings is 1. The van der Waals surface area contributed by atoms with E-state index in [0.29, 0.717) is 24.2 Å². The molecule has 2 aliphatic rings. The van der Waals surface area contributed by atoms with Gasteiger partial charge >= 0.3 is 0 Å². The Bertz CT molecular complexity index is 1390. The van der Waals surface area contributed by atoms with E-state index < -0.39 is 0 Å². The molecule has 2 aliphatic heterocycles. The molecule has 186 valence electrons. The average Bonchev–Trinajstić information content (AvgIpc) is 3.42. The lowest BCUT2D eigenvalue weighted by atomic mass is 9.98. The fourth-order valence-corrected chi connectivity index (χ4v) is 4.91. The first kappa shape index (κ1) is 22.4. The Kier molecular flexibility index (Phi) is 5.94. The van der Waals surface area contributed by atoms with Gasteiger partial charge in [0, 0.05) is 68.3 Å². The van der Waals surface area contributed by atoms with Gasteiger partial charge in [0.2, 0.25) is 5.88 Å². The lowest BCUT2D eigenvalue weighted by Crippen LogP contribution is -2.36. The zero-order chi connectivity index (χ0) is 24.5. The minimum atomic E-state index is 0.212. The topological polar surface area (TPSA) is 109 Å². The van der Waals surface area contributed by atoms with E-state index in [0.717, 1.165) is 72.2 Å². The number of fused-ring (bicyclic) bond motifs is 2. The van der Waals surface area contributed by atoms with Crippen LogP contribution in [-0.2, 0) is 0 Å². The van der Waals surface area contributed by atoms with E-state index in [1.165, 1.54) is 0 Å². The van der Waals surface area contributed by atoms with Gasteiger partial charge in [0.05, 0.1) is 24.2 Å². The second-order valence-corrected chi connectivity index (χ2v) is 9.13. The molecule has 10 nitrogen and oxygen atoms in total. The molecule has 0 amide bonds. The van der Waals surface area contributed by atoms with Crippen molar-refractivity contribution in [1.29, 1.82) is 0 Å². The van der Waals surface area contributed by atoms with Crippen molar-refractivity contribution in [3.63, 3.8) is 0 Å². The van der Waals surface area contributed by atoms with Crippen molar-refractivity contribution in [3.8, 4) is 22.9 Å². The van der Waals surface area contributed by atoms with Crippen LogP contribution in [0.1, 0.15) is 12.8 Å². The van der Waals surface area contributed by atoms with Crippen LogP contribution >= 0.6 is 0 Å². The van der Waals surface area contributed by atoms with Crippen LogP contribution in [-0.4, -0.2) is 64.4 Å². The highest BCUT2D eigenvalue weighted by atomic mass is 16.5. The van der Waals surface area contributed by atoms with E-state index in [9.17, 15) is 5.11 Å². The summed E-state index contributed by atoms with van der Waals surface area (Å²) < 4.78 is 13.3. The van der Waals surface area contributed by atoms with E-state index in [4.69, 9.17) is 14.5 Å². The lowest BCUT2D eigenvalue weighted by Gasteiger charge is -2.34. The van der Waals surface area contributed by atoms with Crippen LogP contribution in [0.5, 0.6) is 11.6 Å². The number of rotatable bonds is 6. The minimum Gasteiger partial charge on any atom is -0.495 e. The molecule has 0 saturated carbocycles. The molecular weight excluding hydrogens is 458 g/mol. The Morgan fingerprint density at radius 1 is 1.28 bits per heavy atom. The standard InChI is InChI=1S/C26H29N7O3/c1-35-23-12-19(4-5-22(23)32-8-2-3-17(14-32)16-34)30-24-25-28-6-9-33(25)15-21(31-24)18-11-20-26(29-13-18)36-10-7-27-20/h4-6,9,11-13,15,17,27,34H,2-3,7-8,10,14,16H2,1H3,(H,30,31). The number of aliphatic hydroxyl groups is 1. The van der Waals surface area contributed by atoms with Crippen LogP contribution in [0.15, 0.2) is 49.1 Å². The SMILES string of the molecule is COc1cc(Nc2nc(-c3cnc4c(c3)NCCO4)cn3ccnc23)ccc1N1CCCC(CO)C1. The zero-order valence-corrected chi connectivity index (χ0v) is 20.1. The number of nitrogens with one attached hydrogen (secondary N) is 2. The monoisotopic (exact) mass is 487 g/mol. The van der Waals surface area contributed by atoms with Gasteiger partial charge in [-0.15, -0.1) is 0 Å². The fourth-order valence-electron chi connectivity index (χ4n) is 4.91. The number of hydrogen-bond acceptors (Lipinski definition) is 9. The number of imidazole rings is 1. The van der Waals surface area contributed by atoms with Gasteiger partial charge in [-0.3, -0.25) is 0 Å². The van der Waals surface area contributed by atoms with Crippen LogP contribution in [0.3, 0.4) is 0 Å². The number of piperidine rings is 1. The second kappa shape index (κ2) is 9.54. The molecule has 1 atom stereocenters. The molecule has 3 aromatic heterocycles. The number of methoxy groups -OCH3 is 1. The Morgan fingerprint density at radius 3 is 3.11 bits per heavy atom. The van der Waals surface area contributed by atoms with Crippen LogP contribution in [0.25, 0.3) is 16.9 Å². The predicted octanol–water partition coefficient (Wildman–Crippen LogP) is 3.56. The summed E-state index contributed by atoms with van der Waals surface area (Å²) in [6.07, 6.45) is 9.48. The molecule has 0 radical (unpaired) electrons. The summed E-state index contributed by atoms with van der Waals surface area (Å²) >= 11 is 0. The predicted molar refractivity (Wildman–Crippen MR) is 139 cm³/mol. The molecule has 1 aromatic carbocycles. The second-order valence-electron chi connectivity index (χ2n) is 9.13. The van der Waals surface area contributed by atoms with Gasteiger partial charge in [-0.05, 0) is 37.0 Å². The van der Waals surface area contributed by atoms with Gasteiger partial charge in [0.25, 0.3) is 0 Å². The van der Waals surface area contributed by atoms with E-state index in [1.54, 1.807) is 19.5 Å².